The smallest absolute Gasteiger partial charge is 0.0634 e. The highest BCUT2D eigenvalue weighted by atomic mass is 32.2. The van der Waals surface area contributed by atoms with E-state index >= 15 is 0 Å². The summed E-state index contributed by atoms with van der Waals surface area (Å²) >= 11 is 4.26. The number of hydrogen-bond donors (Lipinski definition) is 1. The minimum Gasteiger partial charge on any atom is -0.377 e. The summed E-state index contributed by atoms with van der Waals surface area (Å²) in [4.78, 5) is 0. The van der Waals surface area contributed by atoms with Gasteiger partial charge in [-0.15, -0.1) is 0 Å². The summed E-state index contributed by atoms with van der Waals surface area (Å²) in [6.07, 6.45) is 1.52. The van der Waals surface area contributed by atoms with Crippen molar-refractivity contribution >= 4 is 23.5 Å². The van der Waals surface area contributed by atoms with E-state index in [1.807, 2.05) is 0 Å². The van der Waals surface area contributed by atoms with Crippen molar-refractivity contribution in [1.29, 1.82) is 0 Å². The Bertz CT molecular complexity index is 226. The van der Waals surface area contributed by atoms with Crippen molar-refractivity contribution in [3.63, 3.8) is 0 Å². The van der Waals surface area contributed by atoms with Crippen LogP contribution in [-0.2, 0) is 4.74 Å². The number of thioether (sulfide) groups is 2. The molecule has 1 rings (SSSR count). The van der Waals surface area contributed by atoms with Gasteiger partial charge in [0.1, 0.15) is 0 Å². The third-order valence-corrected chi connectivity index (χ3v) is 6.84. The highest BCUT2D eigenvalue weighted by molar-refractivity contribution is 8.07. The molecule has 4 atom stereocenters. The van der Waals surface area contributed by atoms with Crippen molar-refractivity contribution in [2.24, 2.45) is 0 Å². The number of hydrogen-bond acceptors (Lipinski definition) is 4. The van der Waals surface area contributed by atoms with Crippen LogP contribution in [0.1, 0.15) is 41.0 Å². The zero-order chi connectivity index (χ0) is 13.5. The van der Waals surface area contributed by atoms with E-state index in [-0.39, 0.29) is 0 Å². The average molecular weight is 292 g/mol. The number of ether oxygens (including phenoxy) is 1. The van der Waals surface area contributed by atoms with Crippen LogP contribution in [-0.4, -0.2) is 46.8 Å². The van der Waals surface area contributed by atoms with Crippen molar-refractivity contribution in [2.45, 2.75) is 68.9 Å². The van der Waals surface area contributed by atoms with Crippen molar-refractivity contribution in [3.8, 4) is 0 Å². The second-order valence-electron chi connectivity index (χ2n) is 5.36. The fourth-order valence-electron chi connectivity index (χ4n) is 1.94. The van der Waals surface area contributed by atoms with Crippen LogP contribution in [0.2, 0.25) is 0 Å². The Morgan fingerprint density at radius 3 is 2.56 bits per heavy atom. The lowest BCUT2D eigenvalue weighted by molar-refractivity contribution is 0.0617. The molecule has 0 aromatic rings. The van der Waals surface area contributed by atoms with E-state index in [0.29, 0.717) is 17.4 Å². The summed E-state index contributed by atoms with van der Waals surface area (Å²) in [6.45, 7) is 13.1. The highest BCUT2D eigenvalue weighted by Crippen LogP contribution is 2.37. The summed E-state index contributed by atoms with van der Waals surface area (Å²) in [5.41, 5.74) is 0. The largest absolute Gasteiger partial charge is 0.377 e. The van der Waals surface area contributed by atoms with Crippen molar-refractivity contribution in [2.75, 3.05) is 18.9 Å². The van der Waals surface area contributed by atoms with Crippen molar-refractivity contribution < 1.29 is 4.74 Å². The molecule has 2 nitrogen and oxygen atoms in total. The second-order valence-corrected chi connectivity index (χ2v) is 8.39. The van der Waals surface area contributed by atoms with Crippen LogP contribution < -0.4 is 5.32 Å². The van der Waals surface area contributed by atoms with Gasteiger partial charge in [0.05, 0.1) is 12.7 Å². The normalized spacial score (nSPS) is 30.7. The van der Waals surface area contributed by atoms with E-state index in [1.165, 1.54) is 12.2 Å². The molecule has 0 aromatic heterocycles. The predicted molar refractivity (Wildman–Crippen MR) is 85.9 cm³/mol. The maximum atomic E-state index is 5.83. The summed E-state index contributed by atoms with van der Waals surface area (Å²) in [5.74, 6) is 1.25. The van der Waals surface area contributed by atoms with Gasteiger partial charge in [-0.2, -0.15) is 23.5 Å². The minimum absolute atomic E-state index is 0.327. The van der Waals surface area contributed by atoms with Crippen LogP contribution >= 0.6 is 23.5 Å². The quantitative estimate of drug-likeness (QED) is 0.776. The zero-order valence-electron chi connectivity index (χ0n) is 12.4. The topological polar surface area (TPSA) is 21.3 Å². The third-order valence-electron chi connectivity index (χ3n) is 3.29. The molecule has 0 saturated carbocycles. The first kappa shape index (κ1) is 16.7. The van der Waals surface area contributed by atoms with Gasteiger partial charge in [-0.25, -0.2) is 0 Å². The van der Waals surface area contributed by atoms with Crippen LogP contribution in [0.4, 0.5) is 0 Å². The van der Waals surface area contributed by atoms with Crippen LogP contribution in [0.15, 0.2) is 0 Å². The van der Waals surface area contributed by atoms with E-state index in [9.17, 15) is 0 Å². The van der Waals surface area contributed by atoms with Gasteiger partial charge in [-0.1, -0.05) is 20.8 Å². The predicted octanol–water partition coefficient (Wildman–Crippen LogP) is 3.41. The van der Waals surface area contributed by atoms with Crippen molar-refractivity contribution in [1.82, 2.24) is 5.32 Å². The molecular formula is C14H29NOS2. The molecule has 1 aliphatic heterocycles. The molecule has 18 heavy (non-hydrogen) atoms. The van der Waals surface area contributed by atoms with E-state index in [2.05, 4.69) is 63.5 Å². The van der Waals surface area contributed by atoms with Gasteiger partial charge in [0, 0.05) is 27.5 Å². The lowest BCUT2D eigenvalue weighted by Gasteiger charge is -2.36. The SMILES string of the molecule is CCCNC(COC(C)C)C1CSC(C)C(C)S1. The Hall–Kier alpha value is 0.620. The summed E-state index contributed by atoms with van der Waals surface area (Å²) in [6, 6.07) is 0.500. The monoisotopic (exact) mass is 291 g/mol. The fourth-order valence-corrected chi connectivity index (χ4v) is 5.05. The average Bonchev–Trinajstić information content (AvgIpc) is 2.33. The molecule has 0 radical (unpaired) electrons. The number of nitrogens with one attached hydrogen (secondary N) is 1. The first-order valence-electron chi connectivity index (χ1n) is 7.16. The molecule has 108 valence electrons. The van der Waals surface area contributed by atoms with Crippen LogP contribution in [0.5, 0.6) is 0 Å². The third kappa shape index (κ3) is 5.72. The van der Waals surface area contributed by atoms with E-state index in [1.54, 1.807) is 0 Å². The lowest BCUT2D eigenvalue weighted by Crippen LogP contribution is -2.46. The molecule has 1 heterocycles. The fraction of sp³-hybridized carbons (Fsp3) is 1.00. The molecule has 0 amide bonds. The summed E-state index contributed by atoms with van der Waals surface area (Å²) < 4.78 is 5.83. The Balaban J connectivity index is 2.47. The molecule has 1 aliphatic rings. The van der Waals surface area contributed by atoms with E-state index in [4.69, 9.17) is 4.74 Å². The summed E-state index contributed by atoms with van der Waals surface area (Å²) in [7, 11) is 0. The van der Waals surface area contributed by atoms with Gasteiger partial charge < -0.3 is 10.1 Å². The maximum Gasteiger partial charge on any atom is 0.0634 e. The highest BCUT2D eigenvalue weighted by Gasteiger charge is 2.31. The molecule has 0 bridgehead atoms. The molecule has 1 N–H and O–H groups in total. The molecule has 0 aliphatic carbocycles. The van der Waals surface area contributed by atoms with Crippen molar-refractivity contribution in [3.05, 3.63) is 0 Å². The van der Waals surface area contributed by atoms with Gasteiger partial charge in [-0.05, 0) is 26.8 Å². The molecular weight excluding hydrogens is 262 g/mol. The molecule has 1 saturated heterocycles. The Kier molecular flexibility index (Phi) is 8.08. The van der Waals surface area contributed by atoms with Crippen LogP contribution in [0.3, 0.4) is 0 Å². The lowest BCUT2D eigenvalue weighted by atomic mass is 10.2. The molecule has 1 fully saturated rings. The number of rotatable bonds is 7. The Labute approximate surface area is 121 Å². The second kappa shape index (κ2) is 8.72. The molecule has 4 unspecified atom stereocenters. The minimum atomic E-state index is 0.327. The van der Waals surface area contributed by atoms with Gasteiger partial charge in [0.15, 0.2) is 0 Å². The van der Waals surface area contributed by atoms with Gasteiger partial charge in [0.25, 0.3) is 0 Å². The first-order chi connectivity index (χ1) is 8.54. The van der Waals surface area contributed by atoms with Gasteiger partial charge >= 0.3 is 0 Å². The van der Waals surface area contributed by atoms with Crippen LogP contribution in [0, 0.1) is 0 Å². The summed E-state index contributed by atoms with van der Waals surface area (Å²) in [5, 5.41) is 5.89. The van der Waals surface area contributed by atoms with E-state index < -0.39 is 0 Å². The Morgan fingerprint density at radius 1 is 1.28 bits per heavy atom. The Morgan fingerprint density at radius 2 is 2.00 bits per heavy atom. The standard InChI is InChI=1S/C14H29NOS2/c1-6-7-15-13(8-16-10(2)3)14-9-17-11(4)12(5)18-14/h10-15H,6-9H2,1-5H3. The van der Waals surface area contributed by atoms with Gasteiger partial charge in [0.2, 0.25) is 0 Å². The van der Waals surface area contributed by atoms with Gasteiger partial charge in [-0.3, -0.25) is 0 Å². The first-order valence-corrected chi connectivity index (χ1v) is 9.15. The zero-order valence-corrected chi connectivity index (χ0v) is 14.1. The maximum absolute atomic E-state index is 5.83. The molecule has 0 spiro atoms. The molecule has 4 heteroatoms. The van der Waals surface area contributed by atoms with E-state index in [0.717, 1.165) is 23.7 Å². The molecule has 0 aromatic carbocycles. The van der Waals surface area contributed by atoms with Crippen LogP contribution in [0.25, 0.3) is 0 Å².